The van der Waals surface area contributed by atoms with Crippen LogP contribution in [0.4, 0.5) is 0 Å². The third-order valence-corrected chi connectivity index (χ3v) is 2.98. The molecule has 1 aromatic heterocycles. The zero-order valence-electron chi connectivity index (χ0n) is 10.1. The van der Waals surface area contributed by atoms with Crippen molar-refractivity contribution in [2.45, 2.75) is 13.1 Å². The average Bonchev–Trinajstić information content (AvgIpc) is 2.84. The lowest BCUT2D eigenvalue weighted by molar-refractivity contribution is 0.288. The molecule has 18 heavy (non-hydrogen) atoms. The second kappa shape index (κ2) is 5.72. The van der Waals surface area contributed by atoms with Gasteiger partial charge in [-0.25, -0.2) is 0 Å². The molecule has 0 radical (unpaired) electrons. The van der Waals surface area contributed by atoms with Crippen LogP contribution >= 0.6 is 11.6 Å². The second-order valence-electron chi connectivity index (χ2n) is 4.17. The van der Waals surface area contributed by atoms with Crippen LogP contribution in [0.3, 0.4) is 0 Å². The fourth-order valence-corrected chi connectivity index (χ4v) is 2.00. The van der Waals surface area contributed by atoms with Crippen molar-refractivity contribution < 1.29 is 4.42 Å². The van der Waals surface area contributed by atoms with E-state index in [-0.39, 0.29) is 0 Å². The van der Waals surface area contributed by atoms with Crippen LogP contribution in [-0.2, 0) is 13.1 Å². The Balaban J connectivity index is 2.03. The van der Waals surface area contributed by atoms with E-state index in [0.29, 0.717) is 17.1 Å². The van der Waals surface area contributed by atoms with Crippen LogP contribution in [0, 0.1) is 11.3 Å². The topological polar surface area (TPSA) is 40.2 Å². The van der Waals surface area contributed by atoms with Crippen molar-refractivity contribution in [3.05, 3.63) is 58.5 Å². The molecule has 0 bridgehead atoms. The van der Waals surface area contributed by atoms with E-state index in [0.717, 1.165) is 17.9 Å². The fraction of sp³-hybridized carbons (Fsp3) is 0.214. The van der Waals surface area contributed by atoms with Gasteiger partial charge in [-0.05, 0) is 36.9 Å². The summed E-state index contributed by atoms with van der Waals surface area (Å²) in [6.45, 7) is 1.44. The number of halogens is 1. The van der Waals surface area contributed by atoms with Crippen LogP contribution in [0.1, 0.15) is 16.9 Å². The predicted molar refractivity (Wildman–Crippen MR) is 70.0 cm³/mol. The lowest BCUT2D eigenvalue weighted by atomic mass is 10.1. The summed E-state index contributed by atoms with van der Waals surface area (Å²) >= 11 is 6.13. The molecular formula is C14H13ClN2O. The Morgan fingerprint density at radius 1 is 1.33 bits per heavy atom. The van der Waals surface area contributed by atoms with Gasteiger partial charge in [-0.3, -0.25) is 4.90 Å². The SMILES string of the molecule is CN(Cc1ccco1)Cc1ccc(C#N)cc1Cl. The van der Waals surface area contributed by atoms with Crippen molar-refractivity contribution in [2.24, 2.45) is 0 Å². The van der Waals surface area contributed by atoms with E-state index in [2.05, 4.69) is 11.0 Å². The Labute approximate surface area is 111 Å². The monoisotopic (exact) mass is 260 g/mol. The fourth-order valence-electron chi connectivity index (χ4n) is 1.76. The molecule has 0 atom stereocenters. The molecule has 0 N–H and O–H groups in total. The highest BCUT2D eigenvalue weighted by Crippen LogP contribution is 2.19. The Kier molecular flexibility index (Phi) is 4.03. The van der Waals surface area contributed by atoms with Gasteiger partial charge in [0.15, 0.2) is 0 Å². The van der Waals surface area contributed by atoms with Crippen LogP contribution in [0.5, 0.6) is 0 Å². The highest BCUT2D eigenvalue weighted by atomic mass is 35.5. The molecule has 0 aliphatic heterocycles. The number of rotatable bonds is 4. The lowest BCUT2D eigenvalue weighted by Gasteiger charge is -2.16. The first kappa shape index (κ1) is 12.7. The summed E-state index contributed by atoms with van der Waals surface area (Å²) in [5.41, 5.74) is 1.59. The van der Waals surface area contributed by atoms with Crippen molar-refractivity contribution >= 4 is 11.6 Å². The quantitative estimate of drug-likeness (QED) is 0.845. The molecular weight excluding hydrogens is 248 g/mol. The van der Waals surface area contributed by atoms with Crippen molar-refractivity contribution in [1.29, 1.82) is 5.26 Å². The van der Waals surface area contributed by atoms with Crippen LogP contribution < -0.4 is 0 Å². The molecule has 0 amide bonds. The van der Waals surface area contributed by atoms with E-state index in [4.69, 9.17) is 21.3 Å². The molecule has 1 aromatic carbocycles. The molecule has 2 rings (SSSR count). The first-order chi connectivity index (χ1) is 8.69. The van der Waals surface area contributed by atoms with E-state index in [9.17, 15) is 0 Å². The van der Waals surface area contributed by atoms with Crippen LogP contribution in [0.2, 0.25) is 5.02 Å². The Hall–Kier alpha value is -1.76. The molecule has 2 aromatic rings. The normalized spacial score (nSPS) is 10.6. The number of hydrogen-bond acceptors (Lipinski definition) is 3. The molecule has 0 spiro atoms. The standard InChI is InChI=1S/C14H13ClN2O/c1-17(10-13-3-2-6-18-13)9-12-5-4-11(8-16)7-14(12)15/h2-7H,9-10H2,1H3. The minimum absolute atomic E-state index is 0.581. The molecule has 4 heteroatoms. The maximum absolute atomic E-state index is 8.77. The first-order valence-electron chi connectivity index (χ1n) is 5.58. The maximum Gasteiger partial charge on any atom is 0.117 e. The molecule has 0 saturated heterocycles. The average molecular weight is 261 g/mol. The van der Waals surface area contributed by atoms with Gasteiger partial charge in [0, 0.05) is 11.6 Å². The summed E-state index contributed by atoms with van der Waals surface area (Å²) in [6.07, 6.45) is 1.66. The highest BCUT2D eigenvalue weighted by molar-refractivity contribution is 6.31. The zero-order valence-corrected chi connectivity index (χ0v) is 10.8. The van der Waals surface area contributed by atoms with Gasteiger partial charge < -0.3 is 4.42 Å². The summed E-state index contributed by atoms with van der Waals surface area (Å²) in [5, 5.41) is 9.40. The molecule has 1 heterocycles. The molecule has 0 aliphatic carbocycles. The molecule has 0 saturated carbocycles. The van der Waals surface area contributed by atoms with Crippen molar-refractivity contribution in [1.82, 2.24) is 4.90 Å². The van der Waals surface area contributed by atoms with E-state index >= 15 is 0 Å². The van der Waals surface area contributed by atoms with Gasteiger partial charge in [0.25, 0.3) is 0 Å². The molecule has 0 unspecified atom stereocenters. The lowest BCUT2D eigenvalue weighted by Crippen LogP contribution is -2.17. The number of nitrogens with zero attached hydrogens (tertiary/aromatic N) is 2. The van der Waals surface area contributed by atoms with Crippen molar-refractivity contribution in [3.8, 4) is 6.07 Å². The molecule has 0 fully saturated rings. The summed E-state index contributed by atoms with van der Waals surface area (Å²) in [4.78, 5) is 2.10. The van der Waals surface area contributed by atoms with Gasteiger partial charge in [-0.2, -0.15) is 5.26 Å². The first-order valence-corrected chi connectivity index (χ1v) is 5.96. The number of benzene rings is 1. The third-order valence-electron chi connectivity index (χ3n) is 2.63. The van der Waals surface area contributed by atoms with E-state index in [1.54, 1.807) is 18.4 Å². The Morgan fingerprint density at radius 3 is 2.78 bits per heavy atom. The Bertz CT molecular complexity index is 558. The minimum Gasteiger partial charge on any atom is -0.468 e. The summed E-state index contributed by atoms with van der Waals surface area (Å²) in [5.74, 6) is 0.919. The van der Waals surface area contributed by atoms with Crippen LogP contribution in [0.15, 0.2) is 41.0 Å². The van der Waals surface area contributed by atoms with Crippen LogP contribution in [-0.4, -0.2) is 11.9 Å². The smallest absolute Gasteiger partial charge is 0.117 e. The van der Waals surface area contributed by atoms with Crippen molar-refractivity contribution in [2.75, 3.05) is 7.05 Å². The van der Waals surface area contributed by atoms with E-state index < -0.39 is 0 Å². The maximum atomic E-state index is 8.77. The van der Waals surface area contributed by atoms with E-state index in [1.807, 2.05) is 25.2 Å². The summed E-state index contributed by atoms with van der Waals surface area (Å²) in [6, 6.07) is 11.2. The summed E-state index contributed by atoms with van der Waals surface area (Å²) < 4.78 is 5.29. The number of nitriles is 1. The molecule has 92 valence electrons. The zero-order chi connectivity index (χ0) is 13.0. The minimum atomic E-state index is 0.581. The largest absolute Gasteiger partial charge is 0.468 e. The number of hydrogen-bond donors (Lipinski definition) is 0. The predicted octanol–water partition coefficient (Wildman–Crippen LogP) is 3.44. The van der Waals surface area contributed by atoms with Gasteiger partial charge in [0.05, 0.1) is 24.4 Å². The third kappa shape index (κ3) is 3.13. The summed E-state index contributed by atoms with van der Waals surface area (Å²) in [7, 11) is 2.00. The van der Waals surface area contributed by atoms with Gasteiger partial charge in [-0.1, -0.05) is 17.7 Å². The molecule has 0 aliphatic rings. The number of furan rings is 1. The van der Waals surface area contributed by atoms with E-state index in [1.165, 1.54) is 0 Å². The molecule has 3 nitrogen and oxygen atoms in total. The van der Waals surface area contributed by atoms with Gasteiger partial charge >= 0.3 is 0 Å². The Morgan fingerprint density at radius 2 is 2.17 bits per heavy atom. The highest BCUT2D eigenvalue weighted by Gasteiger charge is 2.07. The van der Waals surface area contributed by atoms with Crippen molar-refractivity contribution in [3.63, 3.8) is 0 Å². The van der Waals surface area contributed by atoms with Gasteiger partial charge in [-0.15, -0.1) is 0 Å². The second-order valence-corrected chi connectivity index (χ2v) is 4.58. The van der Waals surface area contributed by atoms with Gasteiger partial charge in [0.2, 0.25) is 0 Å². The van der Waals surface area contributed by atoms with Crippen LogP contribution in [0.25, 0.3) is 0 Å². The van der Waals surface area contributed by atoms with Gasteiger partial charge in [0.1, 0.15) is 5.76 Å².